The summed E-state index contributed by atoms with van der Waals surface area (Å²) in [6, 6.07) is 10.5. The zero-order valence-corrected chi connectivity index (χ0v) is 13.3. The molecule has 1 N–H and O–H groups in total. The van der Waals surface area contributed by atoms with Crippen molar-refractivity contribution >= 4 is 5.82 Å². The second-order valence-corrected chi connectivity index (χ2v) is 5.96. The van der Waals surface area contributed by atoms with Gasteiger partial charge in [-0.2, -0.15) is 18.4 Å². The first-order chi connectivity index (χ1) is 11.9. The van der Waals surface area contributed by atoms with E-state index in [1.807, 2.05) is 18.2 Å². The number of hydrogen-bond donors (Lipinski definition) is 1. The number of nitriles is 1. The number of likely N-dealkylation sites (tertiary alicyclic amines) is 1. The normalized spacial score (nSPS) is 18.1. The topological polar surface area (TPSA) is 64.8 Å². The van der Waals surface area contributed by atoms with Gasteiger partial charge in [-0.1, -0.05) is 12.1 Å². The fourth-order valence-corrected chi connectivity index (χ4v) is 2.89. The first kappa shape index (κ1) is 17.2. The van der Waals surface area contributed by atoms with Crippen LogP contribution in [0, 0.1) is 11.3 Å². The first-order valence-electron chi connectivity index (χ1n) is 7.81. The van der Waals surface area contributed by atoms with Crippen molar-refractivity contribution < 1.29 is 13.2 Å². The number of rotatable bonds is 4. The lowest BCUT2D eigenvalue weighted by Crippen LogP contribution is -2.26. The largest absolute Gasteiger partial charge is 0.433 e. The van der Waals surface area contributed by atoms with E-state index in [-0.39, 0.29) is 11.9 Å². The Balaban J connectivity index is 1.59. The van der Waals surface area contributed by atoms with E-state index in [2.05, 4.69) is 26.3 Å². The number of alkyl halides is 3. The minimum absolute atomic E-state index is 0.0233. The number of aromatic nitrogens is 2. The molecular formula is C17H16F3N5. The summed E-state index contributed by atoms with van der Waals surface area (Å²) in [4.78, 5) is 9.33. The molecule has 0 amide bonds. The summed E-state index contributed by atoms with van der Waals surface area (Å²) in [5.74, 6) is 0.181. The molecule has 8 heteroatoms. The van der Waals surface area contributed by atoms with Gasteiger partial charge in [0.25, 0.3) is 0 Å². The number of anilines is 1. The average Bonchev–Trinajstić information content (AvgIpc) is 3.01. The van der Waals surface area contributed by atoms with E-state index in [1.54, 1.807) is 6.07 Å². The Morgan fingerprint density at radius 3 is 2.88 bits per heavy atom. The zero-order chi connectivity index (χ0) is 17.9. The summed E-state index contributed by atoms with van der Waals surface area (Å²) in [7, 11) is 0. The number of hydrogen-bond acceptors (Lipinski definition) is 5. The predicted molar refractivity (Wildman–Crippen MR) is 85.5 cm³/mol. The third kappa shape index (κ3) is 4.45. The molecule has 0 spiro atoms. The molecule has 1 aromatic carbocycles. The molecule has 1 fully saturated rings. The Kier molecular flexibility index (Phi) is 4.86. The highest BCUT2D eigenvalue weighted by Gasteiger charge is 2.33. The van der Waals surface area contributed by atoms with Crippen LogP contribution >= 0.6 is 0 Å². The van der Waals surface area contributed by atoms with Gasteiger partial charge in [-0.15, -0.1) is 0 Å². The lowest BCUT2D eigenvalue weighted by atomic mass is 10.1. The summed E-state index contributed by atoms with van der Waals surface area (Å²) >= 11 is 0. The van der Waals surface area contributed by atoms with Gasteiger partial charge in [0, 0.05) is 31.7 Å². The first-order valence-corrected chi connectivity index (χ1v) is 7.81. The molecule has 1 aliphatic rings. The van der Waals surface area contributed by atoms with Crippen LogP contribution in [-0.2, 0) is 12.7 Å². The molecule has 1 unspecified atom stereocenters. The molecular weight excluding hydrogens is 331 g/mol. The van der Waals surface area contributed by atoms with Gasteiger partial charge < -0.3 is 5.32 Å². The van der Waals surface area contributed by atoms with E-state index < -0.39 is 11.9 Å². The van der Waals surface area contributed by atoms with Crippen LogP contribution in [0.2, 0.25) is 0 Å². The van der Waals surface area contributed by atoms with Gasteiger partial charge in [0.2, 0.25) is 0 Å². The van der Waals surface area contributed by atoms with Crippen molar-refractivity contribution in [3.8, 4) is 6.07 Å². The van der Waals surface area contributed by atoms with Crippen LogP contribution in [0.5, 0.6) is 0 Å². The van der Waals surface area contributed by atoms with Crippen molar-refractivity contribution in [2.75, 3.05) is 18.4 Å². The van der Waals surface area contributed by atoms with Crippen molar-refractivity contribution in [2.24, 2.45) is 0 Å². The number of halogens is 3. The smallest absolute Gasteiger partial charge is 0.366 e. The van der Waals surface area contributed by atoms with Gasteiger partial charge in [0.15, 0.2) is 0 Å². The van der Waals surface area contributed by atoms with Crippen LogP contribution in [0.1, 0.15) is 23.2 Å². The van der Waals surface area contributed by atoms with Gasteiger partial charge in [-0.3, -0.25) is 4.90 Å². The summed E-state index contributed by atoms with van der Waals surface area (Å²) < 4.78 is 38.1. The molecule has 0 radical (unpaired) electrons. The van der Waals surface area contributed by atoms with Crippen LogP contribution in [0.15, 0.2) is 36.7 Å². The Labute approximate surface area is 143 Å². The van der Waals surface area contributed by atoms with Gasteiger partial charge in [-0.05, 0) is 24.1 Å². The summed E-state index contributed by atoms with van der Waals surface area (Å²) in [6.07, 6.45) is -2.75. The number of nitrogens with one attached hydrogen (secondary N) is 1. The minimum atomic E-state index is -4.48. The molecule has 0 bridgehead atoms. The third-order valence-corrected chi connectivity index (χ3v) is 4.04. The van der Waals surface area contributed by atoms with Crippen LogP contribution in [0.3, 0.4) is 0 Å². The second-order valence-electron chi connectivity index (χ2n) is 5.96. The molecule has 2 heterocycles. The maximum absolute atomic E-state index is 12.7. The van der Waals surface area contributed by atoms with Crippen LogP contribution in [0.4, 0.5) is 19.0 Å². The summed E-state index contributed by atoms with van der Waals surface area (Å²) in [5.41, 5.74) is 0.710. The Morgan fingerprint density at radius 1 is 1.28 bits per heavy atom. The number of nitrogens with zero attached hydrogens (tertiary/aromatic N) is 4. The highest BCUT2D eigenvalue weighted by atomic mass is 19.4. The van der Waals surface area contributed by atoms with Crippen molar-refractivity contribution in [2.45, 2.75) is 25.2 Å². The predicted octanol–water partition coefficient (Wildman–Crippen LogP) is 3.05. The maximum Gasteiger partial charge on any atom is 0.433 e. The monoisotopic (exact) mass is 347 g/mol. The van der Waals surface area contributed by atoms with E-state index in [1.165, 1.54) is 0 Å². The molecule has 130 valence electrons. The fraction of sp³-hybridized carbons (Fsp3) is 0.353. The molecule has 2 aromatic rings. The molecule has 3 rings (SSSR count). The Hall–Kier alpha value is -2.66. The standard InChI is InChI=1S/C17H16F3N5/c18-17(19,20)15-7-16(23-11-22-15)24-14-4-5-25(10-14)9-13-3-1-2-12(6-13)8-21/h1-3,6-7,11,14H,4-5,9-10H2,(H,22,23,24). The lowest BCUT2D eigenvalue weighted by Gasteiger charge is -2.17. The Morgan fingerprint density at radius 2 is 2.12 bits per heavy atom. The second kappa shape index (κ2) is 7.07. The molecule has 1 saturated heterocycles. The van der Waals surface area contributed by atoms with Crippen LogP contribution in [-0.4, -0.2) is 34.0 Å². The van der Waals surface area contributed by atoms with Crippen molar-refractivity contribution in [3.05, 3.63) is 53.5 Å². The van der Waals surface area contributed by atoms with E-state index in [0.717, 1.165) is 30.9 Å². The van der Waals surface area contributed by atoms with E-state index in [0.29, 0.717) is 18.7 Å². The minimum Gasteiger partial charge on any atom is -0.366 e. The van der Waals surface area contributed by atoms with Crippen molar-refractivity contribution in [3.63, 3.8) is 0 Å². The van der Waals surface area contributed by atoms with Gasteiger partial charge in [0.05, 0.1) is 11.6 Å². The molecule has 1 aromatic heterocycles. The van der Waals surface area contributed by atoms with Crippen molar-refractivity contribution in [1.82, 2.24) is 14.9 Å². The molecule has 1 aliphatic heterocycles. The van der Waals surface area contributed by atoms with Gasteiger partial charge in [0.1, 0.15) is 17.8 Å². The summed E-state index contributed by atoms with van der Waals surface area (Å²) in [6.45, 7) is 2.22. The molecule has 0 aliphatic carbocycles. The average molecular weight is 347 g/mol. The van der Waals surface area contributed by atoms with Gasteiger partial charge in [-0.25, -0.2) is 9.97 Å². The van der Waals surface area contributed by atoms with Crippen LogP contribution < -0.4 is 5.32 Å². The molecule has 1 atom stereocenters. The zero-order valence-electron chi connectivity index (χ0n) is 13.3. The van der Waals surface area contributed by atoms with Crippen LogP contribution in [0.25, 0.3) is 0 Å². The quantitative estimate of drug-likeness (QED) is 0.921. The summed E-state index contributed by atoms with van der Waals surface area (Å²) in [5, 5.41) is 12.0. The fourth-order valence-electron chi connectivity index (χ4n) is 2.89. The van der Waals surface area contributed by atoms with Crippen molar-refractivity contribution in [1.29, 1.82) is 5.26 Å². The third-order valence-electron chi connectivity index (χ3n) is 4.04. The molecule has 5 nitrogen and oxygen atoms in total. The van der Waals surface area contributed by atoms with E-state index >= 15 is 0 Å². The maximum atomic E-state index is 12.7. The molecule has 0 saturated carbocycles. The number of benzene rings is 1. The highest BCUT2D eigenvalue weighted by Crippen LogP contribution is 2.28. The lowest BCUT2D eigenvalue weighted by molar-refractivity contribution is -0.141. The van der Waals surface area contributed by atoms with E-state index in [9.17, 15) is 13.2 Å². The highest BCUT2D eigenvalue weighted by molar-refractivity contribution is 5.37. The Bertz CT molecular complexity index is 784. The SMILES string of the molecule is N#Cc1cccc(CN2CCC(Nc3cc(C(F)(F)F)ncn3)C2)c1. The van der Waals surface area contributed by atoms with Gasteiger partial charge >= 0.3 is 6.18 Å². The van der Waals surface area contributed by atoms with E-state index in [4.69, 9.17) is 5.26 Å². The molecule has 25 heavy (non-hydrogen) atoms.